The summed E-state index contributed by atoms with van der Waals surface area (Å²) in [4.78, 5) is 55.6. The highest BCUT2D eigenvalue weighted by molar-refractivity contribution is 6.05. The first kappa shape index (κ1) is 21.2. The predicted molar refractivity (Wildman–Crippen MR) is 121 cm³/mol. The summed E-state index contributed by atoms with van der Waals surface area (Å²) in [5, 5.41) is 0. The summed E-state index contributed by atoms with van der Waals surface area (Å²) in [5.74, 6) is 0.713. The number of fused-ring (bicyclic) bond motifs is 1. The van der Waals surface area contributed by atoms with Gasteiger partial charge < -0.3 is 4.98 Å². The molecule has 4 aromatic rings. The number of carbonyl (C=O) groups is 1. The summed E-state index contributed by atoms with van der Waals surface area (Å²) in [6.45, 7) is 6.54. The predicted octanol–water partition coefficient (Wildman–Crippen LogP) is 2.05. The van der Waals surface area contributed by atoms with Crippen molar-refractivity contribution < 1.29 is 4.79 Å². The molecule has 1 N–H and O–H groups in total. The molecule has 1 amide bonds. The SMILES string of the molecule is CCN(C(=O)c1cccnc1)c1ccc(-c2nc3c([nH]2)c(=O)n(CC)c(=O)n3CC)cn1. The van der Waals surface area contributed by atoms with Crippen molar-refractivity contribution >= 4 is 22.9 Å². The maximum atomic E-state index is 12.8. The first-order chi connectivity index (χ1) is 15.5. The summed E-state index contributed by atoms with van der Waals surface area (Å²) in [7, 11) is 0. The van der Waals surface area contributed by atoms with Crippen molar-refractivity contribution in [3.63, 3.8) is 0 Å². The van der Waals surface area contributed by atoms with Gasteiger partial charge in [0.15, 0.2) is 5.65 Å². The maximum Gasteiger partial charge on any atom is 0.332 e. The fraction of sp³-hybridized carbons (Fsp3) is 0.273. The number of imidazole rings is 1. The van der Waals surface area contributed by atoms with E-state index < -0.39 is 5.56 Å². The zero-order valence-corrected chi connectivity index (χ0v) is 18.1. The highest BCUT2D eigenvalue weighted by atomic mass is 16.2. The van der Waals surface area contributed by atoms with E-state index in [1.165, 1.54) is 15.3 Å². The van der Waals surface area contributed by atoms with Crippen LogP contribution in [-0.2, 0) is 13.1 Å². The van der Waals surface area contributed by atoms with Crippen molar-refractivity contribution in [3.8, 4) is 11.4 Å². The average Bonchev–Trinajstić information content (AvgIpc) is 3.27. The molecular weight excluding hydrogens is 410 g/mol. The Labute approximate surface area is 183 Å². The lowest BCUT2D eigenvalue weighted by atomic mass is 10.2. The number of nitrogens with zero attached hydrogens (tertiary/aromatic N) is 6. The number of aryl methyl sites for hydroxylation is 1. The van der Waals surface area contributed by atoms with Crippen LogP contribution in [0.3, 0.4) is 0 Å². The number of aromatic amines is 1. The molecule has 0 bridgehead atoms. The minimum atomic E-state index is -0.403. The monoisotopic (exact) mass is 433 g/mol. The molecule has 0 atom stereocenters. The molecule has 4 aromatic heterocycles. The number of carbonyl (C=O) groups excluding carboxylic acids is 1. The van der Waals surface area contributed by atoms with Gasteiger partial charge in [0.05, 0.1) is 5.56 Å². The van der Waals surface area contributed by atoms with Crippen molar-refractivity contribution in [1.82, 2.24) is 29.1 Å². The smallest absolute Gasteiger partial charge is 0.332 e. The van der Waals surface area contributed by atoms with Gasteiger partial charge in [0, 0.05) is 43.8 Å². The summed E-state index contributed by atoms with van der Waals surface area (Å²) in [5.41, 5.74) is 0.906. The molecule has 0 spiro atoms. The van der Waals surface area contributed by atoms with E-state index in [1.54, 1.807) is 48.5 Å². The zero-order chi connectivity index (χ0) is 22.8. The third-order valence-corrected chi connectivity index (χ3v) is 5.26. The van der Waals surface area contributed by atoms with E-state index in [2.05, 4.69) is 19.9 Å². The number of hydrogen-bond donors (Lipinski definition) is 1. The molecule has 0 aliphatic carbocycles. The molecule has 0 aliphatic rings. The summed E-state index contributed by atoms with van der Waals surface area (Å²) in [6.07, 6.45) is 4.71. The molecular formula is C22H23N7O3. The lowest BCUT2D eigenvalue weighted by Gasteiger charge is -2.19. The second-order valence-electron chi connectivity index (χ2n) is 7.06. The van der Waals surface area contributed by atoms with E-state index in [0.29, 0.717) is 41.5 Å². The largest absolute Gasteiger partial charge is 0.332 e. The van der Waals surface area contributed by atoms with Gasteiger partial charge in [0.1, 0.15) is 17.2 Å². The van der Waals surface area contributed by atoms with Crippen LogP contribution in [0.4, 0.5) is 5.82 Å². The standard InChI is InChI=1S/C22H23N7O3/c1-4-27(20(30)15-8-7-11-23-12-15)16-10-9-14(13-24-16)18-25-17-19(26-18)28(5-2)22(32)29(6-3)21(17)31/h7-13H,4-6H2,1-3H3,(H,25,26). The normalized spacial score (nSPS) is 11.1. The molecule has 0 fully saturated rings. The van der Waals surface area contributed by atoms with Gasteiger partial charge >= 0.3 is 5.69 Å². The van der Waals surface area contributed by atoms with Gasteiger partial charge in [-0.15, -0.1) is 0 Å². The van der Waals surface area contributed by atoms with Gasteiger partial charge in [-0.3, -0.25) is 28.6 Å². The Kier molecular flexibility index (Phi) is 5.67. The molecule has 0 unspecified atom stereocenters. The van der Waals surface area contributed by atoms with Gasteiger partial charge in [0.2, 0.25) is 0 Å². The van der Waals surface area contributed by atoms with Crippen molar-refractivity contribution in [3.05, 3.63) is 69.3 Å². The molecule has 0 aromatic carbocycles. The van der Waals surface area contributed by atoms with Crippen LogP contribution >= 0.6 is 0 Å². The third kappa shape index (κ3) is 3.49. The van der Waals surface area contributed by atoms with E-state index in [1.807, 2.05) is 13.8 Å². The van der Waals surface area contributed by atoms with Crippen molar-refractivity contribution in [1.29, 1.82) is 0 Å². The minimum absolute atomic E-state index is 0.198. The summed E-state index contributed by atoms with van der Waals surface area (Å²) in [6, 6.07) is 6.90. The highest BCUT2D eigenvalue weighted by Crippen LogP contribution is 2.21. The van der Waals surface area contributed by atoms with Crippen LogP contribution in [0.1, 0.15) is 31.1 Å². The Morgan fingerprint density at radius 3 is 2.44 bits per heavy atom. The summed E-state index contributed by atoms with van der Waals surface area (Å²) < 4.78 is 2.64. The fourth-order valence-corrected chi connectivity index (χ4v) is 3.61. The average molecular weight is 433 g/mol. The molecule has 4 heterocycles. The Balaban J connectivity index is 1.73. The van der Waals surface area contributed by atoms with E-state index in [-0.39, 0.29) is 23.7 Å². The van der Waals surface area contributed by atoms with Crippen LogP contribution < -0.4 is 16.1 Å². The quantitative estimate of drug-likeness (QED) is 0.497. The molecule has 0 aliphatic heterocycles. The topological polar surface area (TPSA) is 119 Å². The Morgan fingerprint density at radius 2 is 1.84 bits per heavy atom. The van der Waals surface area contributed by atoms with Gasteiger partial charge in [-0.2, -0.15) is 0 Å². The van der Waals surface area contributed by atoms with Gasteiger partial charge in [0.25, 0.3) is 11.5 Å². The lowest BCUT2D eigenvalue weighted by Crippen LogP contribution is -2.39. The fourth-order valence-electron chi connectivity index (χ4n) is 3.61. The Hall–Kier alpha value is -4.08. The number of pyridine rings is 2. The van der Waals surface area contributed by atoms with E-state index in [0.717, 1.165) is 0 Å². The lowest BCUT2D eigenvalue weighted by molar-refractivity contribution is 0.0987. The van der Waals surface area contributed by atoms with Crippen LogP contribution in [0.25, 0.3) is 22.6 Å². The Morgan fingerprint density at radius 1 is 1.06 bits per heavy atom. The molecule has 164 valence electrons. The molecule has 10 nitrogen and oxygen atoms in total. The highest BCUT2D eigenvalue weighted by Gasteiger charge is 2.19. The molecule has 0 saturated carbocycles. The van der Waals surface area contributed by atoms with E-state index in [9.17, 15) is 14.4 Å². The number of hydrogen-bond acceptors (Lipinski definition) is 6. The first-order valence-corrected chi connectivity index (χ1v) is 10.4. The minimum Gasteiger partial charge on any atom is -0.332 e. The number of anilines is 1. The van der Waals surface area contributed by atoms with Gasteiger partial charge in [-0.1, -0.05) is 0 Å². The van der Waals surface area contributed by atoms with E-state index >= 15 is 0 Å². The molecule has 4 rings (SSSR count). The van der Waals surface area contributed by atoms with Gasteiger partial charge in [-0.25, -0.2) is 14.8 Å². The van der Waals surface area contributed by atoms with Crippen LogP contribution in [-0.4, -0.2) is 41.5 Å². The zero-order valence-electron chi connectivity index (χ0n) is 18.1. The maximum absolute atomic E-state index is 12.8. The molecule has 32 heavy (non-hydrogen) atoms. The van der Waals surface area contributed by atoms with Crippen LogP contribution in [0.2, 0.25) is 0 Å². The van der Waals surface area contributed by atoms with Crippen LogP contribution in [0, 0.1) is 0 Å². The van der Waals surface area contributed by atoms with Crippen LogP contribution in [0.15, 0.2) is 52.4 Å². The van der Waals surface area contributed by atoms with Crippen LogP contribution in [0.5, 0.6) is 0 Å². The number of aromatic nitrogens is 6. The molecule has 0 radical (unpaired) electrons. The number of H-pyrrole nitrogens is 1. The first-order valence-electron chi connectivity index (χ1n) is 10.4. The number of amides is 1. The third-order valence-electron chi connectivity index (χ3n) is 5.26. The van der Waals surface area contributed by atoms with Crippen molar-refractivity contribution in [2.75, 3.05) is 11.4 Å². The molecule has 10 heteroatoms. The summed E-state index contributed by atoms with van der Waals surface area (Å²) >= 11 is 0. The number of nitrogens with one attached hydrogen (secondary N) is 1. The Bertz CT molecular complexity index is 1390. The second kappa shape index (κ2) is 8.58. The van der Waals surface area contributed by atoms with Crippen molar-refractivity contribution in [2.45, 2.75) is 33.9 Å². The van der Waals surface area contributed by atoms with Crippen molar-refractivity contribution in [2.24, 2.45) is 0 Å². The number of rotatable bonds is 6. The molecule has 0 saturated heterocycles. The van der Waals surface area contributed by atoms with Gasteiger partial charge in [-0.05, 0) is 45.0 Å². The second-order valence-corrected chi connectivity index (χ2v) is 7.06. The van der Waals surface area contributed by atoms with E-state index in [4.69, 9.17) is 0 Å².